The van der Waals surface area contributed by atoms with Crippen LogP contribution in [0.4, 0.5) is 5.69 Å². The summed E-state index contributed by atoms with van der Waals surface area (Å²) in [4.78, 5) is 12.6. The highest BCUT2D eigenvalue weighted by molar-refractivity contribution is 7.80. The maximum atomic E-state index is 12.6. The summed E-state index contributed by atoms with van der Waals surface area (Å²) < 4.78 is 16.4. The van der Waals surface area contributed by atoms with Gasteiger partial charge in [-0.15, -0.1) is 0 Å². The summed E-state index contributed by atoms with van der Waals surface area (Å²) in [6, 6.07) is 24.6. The zero-order valence-corrected chi connectivity index (χ0v) is 18.7. The van der Waals surface area contributed by atoms with Gasteiger partial charge in [0, 0.05) is 19.2 Å². The Bertz CT molecular complexity index is 1010. The van der Waals surface area contributed by atoms with Crippen molar-refractivity contribution < 1.29 is 19.0 Å². The molecule has 0 saturated carbocycles. The highest BCUT2D eigenvalue weighted by atomic mass is 32.1. The Kier molecular flexibility index (Phi) is 9.04. The van der Waals surface area contributed by atoms with Gasteiger partial charge in [0.2, 0.25) is 0 Å². The first kappa shape index (κ1) is 23.2. The van der Waals surface area contributed by atoms with Crippen molar-refractivity contribution in [2.24, 2.45) is 0 Å². The summed E-state index contributed by atoms with van der Waals surface area (Å²) in [5.41, 5.74) is 2.38. The van der Waals surface area contributed by atoms with Gasteiger partial charge < -0.3 is 19.5 Å². The first-order valence-electron chi connectivity index (χ1n) is 10.3. The first-order valence-corrected chi connectivity index (χ1v) is 10.7. The average Bonchev–Trinajstić information content (AvgIpc) is 2.81. The van der Waals surface area contributed by atoms with Gasteiger partial charge in [-0.25, -0.2) is 0 Å². The lowest BCUT2D eigenvalue weighted by Crippen LogP contribution is -2.34. The van der Waals surface area contributed by atoms with E-state index in [1.165, 1.54) is 5.56 Å². The van der Waals surface area contributed by atoms with Crippen molar-refractivity contribution in [2.75, 3.05) is 32.2 Å². The summed E-state index contributed by atoms with van der Waals surface area (Å²) in [7, 11) is 1.59. The monoisotopic (exact) mass is 450 g/mol. The van der Waals surface area contributed by atoms with Gasteiger partial charge in [0.1, 0.15) is 18.1 Å². The molecule has 0 spiro atoms. The fraction of sp³-hybridized carbons (Fsp3) is 0.200. The maximum Gasteiger partial charge on any atom is 0.261 e. The second kappa shape index (κ2) is 12.4. The average molecular weight is 451 g/mol. The normalized spacial score (nSPS) is 10.3. The molecule has 3 aromatic rings. The first-order chi connectivity index (χ1) is 15.7. The molecule has 0 bridgehead atoms. The highest BCUT2D eigenvalue weighted by Gasteiger charge is 2.13. The minimum absolute atomic E-state index is 0.194. The number of anilines is 1. The molecule has 0 radical (unpaired) electrons. The third kappa shape index (κ3) is 7.37. The molecule has 0 aliphatic carbocycles. The molecule has 6 nitrogen and oxygen atoms in total. The molecule has 32 heavy (non-hydrogen) atoms. The van der Waals surface area contributed by atoms with Gasteiger partial charge in [-0.3, -0.25) is 10.1 Å². The number of methoxy groups -OCH3 is 1. The largest absolute Gasteiger partial charge is 0.493 e. The minimum Gasteiger partial charge on any atom is -0.493 e. The van der Waals surface area contributed by atoms with Gasteiger partial charge in [-0.2, -0.15) is 0 Å². The van der Waals surface area contributed by atoms with Crippen molar-refractivity contribution in [1.29, 1.82) is 0 Å². The van der Waals surface area contributed by atoms with Crippen molar-refractivity contribution >= 4 is 28.9 Å². The molecule has 166 valence electrons. The number of hydrogen-bond donors (Lipinski definition) is 2. The lowest BCUT2D eigenvalue weighted by molar-refractivity contribution is 0.0970. The van der Waals surface area contributed by atoms with Crippen LogP contribution in [0.2, 0.25) is 0 Å². The summed E-state index contributed by atoms with van der Waals surface area (Å²) in [6.07, 6.45) is 0.841. The van der Waals surface area contributed by atoms with Crippen LogP contribution in [0.3, 0.4) is 0 Å². The van der Waals surface area contributed by atoms with Crippen LogP contribution in [0.1, 0.15) is 15.9 Å². The Hall–Kier alpha value is -3.42. The molecule has 0 aromatic heterocycles. The van der Waals surface area contributed by atoms with E-state index in [4.69, 9.17) is 26.4 Å². The van der Waals surface area contributed by atoms with E-state index in [0.717, 1.165) is 17.9 Å². The number of carbonyl (C=O) groups is 1. The van der Waals surface area contributed by atoms with Crippen LogP contribution >= 0.6 is 12.2 Å². The number of ether oxygens (including phenoxy) is 3. The van der Waals surface area contributed by atoms with Crippen LogP contribution in [0.5, 0.6) is 11.5 Å². The Balaban J connectivity index is 1.48. The van der Waals surface area contributed by atoms with Crippen molar-refractivity contribution in [3.63, 3.8) is 0 Å². The number of para-hydroxylation sites is 1. The second-order valence-corrected chi connectivity index (χ2v) is 7.26. The maximum absolute atomic E-state index is 12.6. The van der Waals surface area contributed by atoms with E-state index in [2.05, 4.69) is 22.8 Å². The van der Waals surface area contributed by atoms with Gasteiger partial charge in [-0.05, 0) is 54.2 Å². The van der Waals surface area contributed by atoms with Crippen molar-refractivity contribution in [3.05, 3.63) is 90.0 Å². The number of amides is 1. The molecular formula is C25H26N2O4S. The van der Waals surface area contributed by atoms with Gasteiger partial charge in [0.25, 0.3) is 5.91 Å². The number of nitrogens with one attached hydrogen (secondary N) is 2. The number of thiocarbonyl (C=S) groups is 1. The van der Waals surface area contributed by atoms with Crippen LogP contribution in [0.25, 0.3) is 0 Å². The van der Waals surface area contributed by atoms with E-state index in [9.17, 15) is 4.79 Å². The van der Waals surface area contributed by atoms with Crippen LogP contribution in [-0.2, 0) is 11.2 Å². The fourth-order valence-corrected chi connectivity index (χ4v) is 3.12. The third-order valence-corrected chi connectivity index (χ3v) is 4.72. The van der Waals surface area contributed by atoms with Gasteiger partial charge in [0.15, 0.2) is 5.11 Å². The molecule has 0 aliphatic heterocycles. The summed E-state index contributed by atoms with van der Waals surface area (Å²) >= 11 is 5.28. The summed E-state index contributed by atoms with van der Waals surface area (Å²) in [5.74, 6) is 0.891. The molecule has 0 aliphatic rings. The minimum atomic E-state index is -0.351. The second-order valence-electron chi connectivity index (χ2n) is 6.85. The highest BCUT2D eigenvalue weighted by Crippen LogP contribution is 2.19. The lowest BCUT2D eigenvalue weighted by Gasteiger charge is -2.13. The van der Waals surface area contributed by atoms with Gasteiger partial charge >= 0.3 is 0 Å². The lowest BCUT2D eigenvalue weighted by atomic mass is 10.2. The van der Waals surface area contributed by atoms with Crippen molar-refractivity contribution in [3.8, 4) is 11.5 Å². The molecule has 7 heteroatoms. The number of hydrogen-bond acceptors (Lipinski definition) is 5. The molecule has 0 atom stereocenters. The molecular weight excluding hydrogens is 424 g/mol. The Morgan fingerprint density at radius 1 is 0.844 bits per heavy atom. The van der Waals surface area contributed by atoms with E-state index >= 15 is 0 Å². The third-order valence-electron chi connectivity index (χ3n) is 4.52. The molecule has 0 saturated heterocycles. The number of benzene rings is 3. The van der Waals surface area contributed by atoms with Gasteiger partial charge in [-0.1, -0.05) is 42.5 Å². The fourth-order valence-electron chi connectivity index (χ4n) is 2.91. The van der Waals surface area contributed by atoms with E-state index in [0.29, 0.717) is 31.1 Å². The molecule has 3 rings (SSSR count). The van der Waals surface area contributed by atoms with E-state index in [-0.39, 0.29) is 11.0 Å². The molecule has 0 heterocycles. The van der Waals surface area contributed by atoms with Crippen molar-refractivity contribution in [1.82, 2.24) is 5.32 Å². The topological polar surface area (TPSA) is 68.8 Å². The molecule has 1 amide bonds. The van der Waals surface area contributed by atoms with Crippen LogP contribution in [0.15, 0.2) is 78.9 Å². The molecule has 0 unspecified atom stereocenters. The zero-order chi connectivity index (χ0) is 22.6. The zero-order valence-electron chi connectivity index (χ0n) is 17.9. The predicted molar refractivity (Wildman–Crippen MR) is 130 cm³/mol. The Labute approximate surface area is 193 Å². The standard InChI is InChI=1S/C25H26N2O4S/c1-29-17-18-31-23-10-6-5-9-22(23)24(28)27-25(32)26-20-11-13-21(14-12-20)30-16-15-19-7-3-2-4-8-19/h2-14H,15-18H2,1H3,(H2,26,27,28,32). The summed E-state index contributed by atoms with van der Waals surface area (Å²) in [6.45, 7) is 1.38. The summed E-state index contributed by atoms with van der Waals surface area (Å²) in [5, 5.41) is 5.88. The molecule has 2 N–H and O–H groups in total. The quantitative estimate of drug-likeness (QED) is 0.351. The van der Waals surface area contributed by atoms with Crippen LogP contribution < -0.4 is 20.1 Å². The van der Waals surface area contributed by atoms with Gasteiger partial charge in [0.05, 0.1) is 18.8 Å². The van der Waals surface area contributed by atoms with Crippen LogP contribution in [0, 0.1) is 0 Å². The number of rotatable bonds is 10. The predicted octanol–water partition coefficient (Wildman–Crippen LogP) is 4.46. The Morgan fingerprint density at radius 3 is 2.31 bits per heavy atom. The smallest absolute Gasteiger partial charge is 0.261 e. The SMILES string of the molecule is COCCOc1ccccc1C(=O)NC(=S)Nc1ccc(OCCc2ccccc2)cc1. The Morgan fingerprint density at radius 2 is 1.56 bits per heavy atom. The van der Waals surface area contributed by atoms with Crippen molar-refractivity contribution in [2.45, 2.75) is 6.42 Å². The van der Waals surface area contributed by atoms with E-state index < -0.39 is 0 Å². The molecule has 3 aromatic carbocycles. The van der Waals surface area contributed by atoms with Crippen LogP contribution in [-0.4, -0.2) is 38.0 Å². The van der Waals surface area contributed by atoms with E-state index in [1.807, 2.05) is 42.5 Å². The van der Waals surface area contributed by atoms with E-state index in [1.54, 1.807) is 31.4 Å². The molecule has 0 fully saturated rings. The number of carbonyl (C=O) groups excluding carboxylic acids is 1.